The van der Waals surface area contributed by atoms with Crippen molar-refractivity contribution in [3.63, 3.8) is 0 Å². The molecule has 56 heavy (non-hydrogen) atoms. The molecule has 298 valence electrons. The molecule has 10 nitrogen and oxygen atoms in total. The van der Waals surface area contributed by atoms with Crippen LogP contribution < -0.4 is 11.5 Å². The molecule has 1 aromatic carbocycles. The summed E-state index contributed by atoms with van der Waals surface area (Å²) in [5.41, 5.74) is 5.43. The normalized spacial score (nSPS) is 46.7. The molecule has 8 N–H and O–H groups in total. The Morgan fingerprint density at radius 3 is 2.27 bits per heavy atom. The van der Waals surface area contributed by atoms with Crippen LogP contribution in [0.15, 0.2) is 88.0 Å². The number of guanidine groups is 1. The van der Waals surface area contributed by atoms with Crippen molar-refractivity contribution in [2.24, 2.45) is 67.2 Å². The number of ketones is 2. The van der Waals surface area contributed by atoms with E-state index in [1.54, 1.807) is 12.2 Å². The summed E-state index contributed by atoms with van der Waals surface area (Å²) in [6, 6.07) is 9.81. The van der Waals surface area contributed by atoms with Crippen LogP contribution in [0, 0.1) is 50.7 Å². The maximum absolute atomic E-state index is 15.4. The molecule has 0 bridgehead atoms. The largest absolute Gasteiger partial charge is 0.478 e. The summed E-state index contributed by atoms with van der Waals surface area (Å²) in [6.45, 7) is 13.6. The number of nitrogens with two attached hydrogens (primary N) is 2. The summed E-state index contributed by atoms with van der Waals surface area (Å²) in [7, 11) is 0. The number of carboxylic acids is 1. The number of aliphatic hydroxyl groups excluding tert-OH is 1. The molecule has 0 radical (unpaired) electrons. The van der Waals surface area contributed by atoms with Crippen LogP contribution in [-0.4, -0.2) is 66.8 Å². The predicted octanol–water partition coefficient (Wildman–Crippen LogP) is 5.44. The van der Waals surface area contributed by atoms with Crippen molar-refractivity contribution in [2.75, 3.05) is 0 Å². The molecule has 0 unspecified atom stereocenters. The molecule has 10 heteroatoms. The van der Waals surface area contributed by atoms with Gasteiger partial charge in [-0.25, -0.2) is 9.79 Å². The number of allylic oxidation sites excluding steroid dienone is 2. The first-order valence-electron chi connectivity index (χ1n) is 20.1. The molecule has 0 aliphatic heterocycles. The zero-order valence-corrected chi connectivity index (χ0v) is 33.6. The molecule has 7 aliphatic carbocycles. The van der Waals surface area contributed by atoms with Crippen molar-refractivity contribution < 1.29 is 34.8 Å². The number of hydrogen-bond acceptors (Lipinski definition) is 7. The third-order valence-electron chi connectivity index (χ3n) is 17.1. The van der Waals surface area contributed by atoms with Gasteiger partial charge < -0.3 is 31.9 Å². The molecular weight excluding hydrogens is 707 g/mol. The molecule has 3 fully saturated rings. The molecule has 0 heterocycles. The van der Waals surface area contributed by atoms with E-state index in [1.807, 2.05) is 83.2 Å². The Labute approximate surface area is 329 Å². The number of nitrogens with zero attached hydrogens (tertiary/aromatic N) is 1. The number of aliphatic hydroxyl groups is 3. The van der Waals surface area contributed by atoms with E-state index in [1.165, 1.54) is 6.92 Å². The van der Waals surface area contributed by atoms with Crippen LogP contribution >= 0.6 is 0 Å². The number of Topliss-reactive ketones (excluding diaryl/α,β-unsaturated/α-hetero) is 2. The van der Waals surface area contributed by atoms with Gasteiger partial charge in [0.25, 0.3) is 0 Å². The summed E-state index contributed by atoms with van der Waals surface area (Å²) < 4.78 is 0. The topological polar surface area (TPSA) is 197 Å². The minimum absolute atomic E-state index is 0.0550. The molecule has 12 atom stereocenters. The van der Waals surface area contributed by atoms with Gasteiger partial charge in [0.2, 0.25) is 0 Å². The van der Waals surface area contributed by atoms with Gasteiger partial charge in [0.05, 0.1) is 17.2 Å². The fraction of sp³-hybridized carbons (Fsp3) is 0.565. The Hall–Kier alpha value is -4.12. The first-order valence-corrected chi connectivity index (χ1v) is 20.1. The highest BCUT2D eigenvalue weighted by Gasteiger charge is 2.82. The lowest BCUT2D eigenvalue weighted by Crippen LogP contribution is -2.70. The maximum atomic E-state index is 15.4. The summed E-state index contributed by atoms with van der Waals surface area (Å²) in [5.74, 6) is -3.52. The van der Waals surface area contributed by atoms with Gasteiger partial charge in [0, 0.05) is 57.5 Å². The first kappa shape index (κ1) is 38.7. The number of carbonyl (C=O) groups is 3. The molecule has 0 saturated heterocycles. The number of hydrogen-bond donors (Lipinski definition) is 6. The minimum atomic E-state index is -1.73. The fourth-order valence-corrected chi connectivity index (χ4v) is 14.4. The Balaban J connectivity index is 1.39. The fourth-order valence-electron chi connectivity index (χ4n) is 14.4. The van der Waals surface area contributed by atoms with Crippen LogP contribution in [0.5, 0.6) is 0 Å². The highest BCUT2D eigenvalue weighted by molar-refractivity contribution is 6.02. The van der Waals surface area contributed by atoms with E-state index in [4.69, 9.17) is 16.5 Å². The Bertz CT molecular complexity index is 2150. The number of fused-ring (bicyclic) bond motifs is 4. The van der Waals surface area contributed by atoms with E-state index >= 15 is 4.79 Å². The summed E-state index contributed by atoms with van der Waals surface area (Å²) in [4.78, 5) is 46.3. The molecule has 0 amide bonds. The summed E-state index contributed by atoms with van der Waals surface area (Å²) in [6.07, 6.45) is 11.8. The van der Waals surface area contributed by atoms with Gasteiger partial charge in [-0.15, -0.1) is 0 Å². The van der Waals surface area contributed by atoms with E-state index in [-0.39, 0.29) is 42.4 Å². The van der Waals surface area contributed by atoms with Gasteiger partial charge in [0.15, 0.2) is 11.7 Å². The van der Waals surface area contributed by atoms with Gasteiger partial charge in [-0.3, -0.25) is 9.59 Å². The van der Waals surface area contributed by atoms with Crippen LogP contribution in [0.2, 0.25) is 0 Å². The molecule has 1 aromatic rings. The zero-order valence-electron chi connectivity index (χ0n) is 33.6. The van der Waals surface area contributed by atoms with E-state index in [0.29, 0.717) is 36.0 Å². The van der Waals surface area contributed by atoms with Crippen molar-refractivity contribution >= 4 is 29.6 Å². The number of benzene rings is 1. The second-order valence-corrected chi connectivity index (χ2v) is 19.5. The second kappa shape index (κ2) is 11.7. The number of carboxylic acid groups (broad SMARTS) is 1. The van der Waals surface area contributed by atoms with Gasteiger partial charge in [0.1, 0.15) is 11.4 Å². The van der Waals surface area contributed by atoms with E-state index in [0.717, 1.165) is 5.56 Å². The molecule has 8 rings (SSSR count). The quantitative estimate of drug-likeness (QED) is 0.100. The smallest absolute Gasteiger partial charge is 0.331 e. The number of aliphatic carboxylic acids is 1. The standard InChI is InChI=1S/C46H57N3O7/c1-25(37(53)54)28-15-18-44(49-38(47)48)20-19-43(26(2)32(44)34(28)52)24-45(55)21-22-46(56)29(14-13-27-11-9-8-10-12-27)35-39(3,4)31(51)16-17-40(35,5)33-30(50)23-41(43,6)42(45,7)36(33)46/h8-14,19-22,26,29,32,34-35,52,55-56H,15-18,23-24H2,1-7H3,(H,53,54)(H4,47,48,49)/b14-13+,28-25+/t26-,29+,32-,34-,35-,40-,41+,42+,43-,44+,45+,46-/m1/s1. The zero-order chi connectivity index (χ0) is 40.8. The highest BCUT2D eigenvalue weighted by Crippen LogP contribution is 2.82. The Morgan fingerprint density at radius 1 is 0.946 bits per heavy atom. The first-order chi connectivity index (χ1) is 26.0. The number of rotatable bonds is 4. The number of carbonyl (C=O) groups excluding carboxylic acids is 2. The summed E-state index contributed by atoms with van der Waals surface area (Å²) in [5, 5.41) is 49.3. The minimum Gasteiger partial charge on any atom is -0.478 e. The third kappa shape index (κ3) is 4.44. The Kier molecular flexibility index (Phi) is 8.12. The van der Waals surface area contributed by atoms with Crippen LogP contribution in [0.3, 0.4) is 0 Å². The van der Waals surface area contributed by atoms with E-state index in [9.17, 15) is 30.0 Å². The molecule has 3 saturated carbocycles. The van der Waals surface area contributed by atoms with Gasteiger partial charge in [-0.2, -0.15) is 0 Å². The lowest BCUT2D eigenvalue weighted by atomic mass is 9.35. The van der Waals surface area contributed by atoms with Crippen molar-refractivity contribution in [1.82, 2.24) is 0 Å². The predicted molar refractivity (Wildman–Crippen MR) is 213 cm³/mol. The van der Waals surface area contributed by atoms with Crippen molar-refractivity contribution in [3.05, 3.63) is 88.6 Å². The second-order valence-electron chi connectivity index (χ2n) is 19.5. The average molecular weight is 764 g/mol. The van der Waals surface area contributed by atoms with Crippen LogP contribution in [-0.2, 0) is 14.4 Å². The maximum Gasteiger partial charge on any atom is 0.331 e. The molecular formula is C46H57N3O7. The SMILES string of the molecule is C/C(C(=O)O)=C1/CC[C@]2(N=C(N)N)C=C[C@@]3(C[C@@]4(O)C=C[C@]5(O)C6=C(C(=O)C[C@@]3(C)[C@]64C)[C@@]3(C)CCC(=O)C(C)(C)[C@H]3[C@@H]5/C=C/c3ccccc3)[C@H](C)[C@@H]2[C@@H]1O. The van der Waals surface area contributed by atoms with Crippen molar-refractivity contribution in [2.45, 2.75) is 110 Å². The van der Waals surface area contributed by atoms with Crippen LogP contribution in [0.25, 0.3) is 6.08 Å². The van der Waals surface area contributed by atoms with E-state index in [2.05, 4.69) is 13.0 Å². The van der Waals surface area contributed by atoms with Gasteiger partial charge in [-0.05, 0) is 72.6 Å². The lowest BCUT2D eigenvalue weighted by molar-refractivity contribution is -0.165. The van der Waals surface area contributed by atoms with Crippen LogP contribution in [0.1, 0.15) is 92.6 Å². The highest BCUT2D eigenvalue weighted by atomic mass is 16.4. The lowest BCUT2D eigenvalue weighted by Gasteiger charge is -2.69. The van der Waals surface area contributed by atoms with Crippen molar-refractivity contribution in [1.29, 1.82) is 0 Å². The Morgan fingerprint density at radius 2 is 1.62 bits per heavy atom. The van der Waals surface area contributed by atoms with Gasteiger partial charge >= 0.3 is 5.97 Å². The third-order valence-corrected chi connectivity index (χ3v) is 17.1. The van der Waals surface area contributed by atoms with Gasteiger partial charge in [-0.1, -0.05) is 102 Å². The monoisotopic (exact) mass is 763 g/mol. The van der Waals surface area contributed by atoms with Crippen LogP contribution in [0.4, 0.5) is 0 Å². The molecule has 1 spiro atoms. The van der Waals surface area contributed by atoms with E-state index < -0.39 is 79.6 Å². The molecule has 7 aliphatic rings. The average Bonchev–Trinajstić information content (AvgIpc) is 3.27. The molecule has 0 aromatic heterocycles. The summed E-state index contributed by atoms with van der Waals surface area (Å²) >= 11 is 0. The number of aliphatic imine (C=N–C) groups is 1. The van der Waals surface area contributed by atoms with Crippen molar-refractivity contribution in [3.8, 4) is 0 Å².